The second-order valence-electron chi connectivity index (χ2n) is 5.49. The van der Waals surface area contributed by atoms with Gasteiger partial charge in [0.1, 0.15) is 11.8 Å². The minimum Gasteiger partial charge on any atom is -0.488 e. The summed E-state index contributed by atoms with van der Waals surface area (Å²) in [6.45, 7) is 4.53. The van der Waals surface area contributed by atoms with Gasteiger partial charge >= 0.3 is 0 Å². The first kappa shape index (κ1) is 12.8. The topological polar surface area (TPSA) is 59.0 Å². The van der Waals surface area contributed by atoms with E-state index in [4.69, 9.17) is 15.7 Å². The Balaban J connectivity index is 2.12. The Morgan fingerprint density at radius 1 is 1.22 bits per heavy atom. The third-order valence-electron chi connectivity index (χ3n) is 3.62. The maximum Gasteiger partial charge on any atom is 0.143 e. The maximum absolute atomic E-state index is 8.95. The van der Waals surface area contributed by atoms with Crippen molar-refractivity contribution in [1.29, 1.82) is 5.26 Å². The van der Waals surface area contributed by atoms with Crippen molar-refractivity contribution in [3.63, 3.8) is 0 Å². The van der Waals surface area contributed by atoms with Crippen molar-refractivity contribution in [2.45, 2.75) is 39.2 Å². The van der Waals surface area contributed by atoms with E-state index in [1.165, 1.54) is 6.42 Å². The van der Waals surface area contributed by atoms with Crippen molar-refractivity contribution < 1.29 is 4.74 Å². The van der Waals surface area contributed by atoms with Crippen LogP contribution >= 0.6 is 0 Å². The molecular formula is C15H20N2O. The molecule has 0 spiro atoms. The number of hydrogen-bond acceptors (Lipinski definition) is 3. The highest BCUT2D eigenvalue weighted by Crippen LogP contribution is 2.33. The summed E-state index contributed by atoms with van der Waals surface area (Å²) in [6, 6.07) is 7.47. The molecule has 1 aromatic carbocycles. The second-order valence-corrected chi connectivity index (χ2v) is 5.49. The van der Waals surface area contributed by atoms with Crippen molar-refractivity contribution in [2.75, 3.05) is 5.73 Å². The largest absolute Gasteiger partial charge is 0.488 e. The highest BCUT2D eigenvalue weighted by molar-refractivity contribution is 5.63. The molecule has 1 aromatic rings. The molecule has 96 valence electrons. The molecule has 18 heavy (non-hydrogen) atoms. The molecule has 1 aliphatic carbocycles. The monoisotopic (exact) mass is 244 g/mol. The van der Waals surface area contributed by atoms with Gasteiger partial charge in [0, 0.05) is 0 Å². The van der Waals surface area contributed by atoms with Crippen molar-refractivity contribution in [3.8, 4) is 11.8 Å². The Labute approximate surface area is 109 Å². The number of nitrogen functional groups attached to an aromatic ring is 1. The normalized spacial score (nSPS) is 27.5. The van der Waals surface area contributed by atoms with Crippen LogP contribution in [0.25, 0.3) is 0 Å². The fourth-order valence-electron chi connectivity index (χ4n) is 2.89. The molecule has 0 heterocycles. The van der Waals surface area contributed by atoms with Crippen LogP contribution in [0.15, 0.2) is 18.2 Å². The summed E-state index contributed by atoms with van der Waals surface area (Å²) >= 11 is 0. The lowest BCUT2D eigenvalue weighted by Gasteiger charge is -2.32. The van der Waals surface area contributed by atoms with Crippen LogP contribution in [-0.4, -0.2) is 6.10 Å². The lowest BCUT2D eigenvalue weighted by Crippen LogP contribution is -2.28. The van der Waals surface area contributed by atoms with Gasteiger partial charge in [-0.05, 0) is 43.2 Å². The van der Waals surface area contributed by atoms with Gasteiger partial charge in [0.2, 0.25) is 0 Å². The molecule has 2 atom stereocenters. The molecule has 0 aliphatic heterocycles. The van der Waals surface area contributed by atoms with E-state index in [-0.39, 0.29) is 6.10 Å². The number of nitriles is 1. The number of nitrogens with zero attached hydrogens (tertiary/aromatic N) is 1. The average Bonchev–Trinajstić information content (AvgIpc) is 2.30. The number of rotatable bonds is 2. The lowest BCUT2D eigenvalue weighted by atomic mass is 9.82. The highest BCUT2D eigenvalue weighted by atomic mass is 16.5. The first-order valence-electron chi connectivity index (χ1n) is 6.55. The van der Waals surface area contributed by atoms with Gasteiger partial charge < -0.3 is 10.5 Å². The van der Waals surface area contributed by atoms with E-state index < -0.39 is 0 Å². The van der Waals surface area contributed by atoms with Crippen LogP contribution in [0.4, 0.5) is 5.69 Å². The summed E-state index contributed by atoms with van der Waals surface area (Å²) < 4.78 is 5.99. The molecule has 2 unspecified atom stereocenters. The van der Waals surface area contributed by atoms with Crippen LogP contribution < -0.4 is 10.5 Å². The number of anilines is 1. The summed E-state index contributed by atoms with van der Waals surface area (Å²) in [6.07, 6.45) is 3.63. The predicted octanol–water partition coefficient (Wildman–Crippen LogP) is 3.34. The summed E-state index contributed by atoms with van der Waals surface area (Å²) in [5.41, 5.74) is 6.89. The quantitative estimate of drug-likeness (QED) is 0.812. The van der Waals surface area contributed by atoms with E-state index in [0.717, 1.165) is 12.8 Å². The van der Waals surface area contributed by atoms with Crippen LogP contribution in [0.3, 0.4) is 0 Å². The Morgan fingerprint density at radius 3 is 2.50 bits per heavy atom. The van der Waals surface area contributed by atoms with Crippen LogP contribution in [0.1, 0.15) is 38.7 Å². The van der Waals surface area contributed by atoms with Crippen LogP contribution in [0.5, 0.6) is 5.75 Å². The standard InChI is InChI=1S/C15H20N2O/c1-10-6-11(2)8-13(7-10)18-14-5-3-4-12(9-16)15(14)17/h3-5,10-11,13H,6-8,17H2,1-2H3. The molecule has 0 aromatic heterocycles. The minimum absolute atomic E-state index is 0.222. The predicted molar refractivity (Wildman–Crippen MR) is 72.2 cm³/mol. The second kappa shape index (κ2) is 5.30. The van der Waals surface area contributed by atoms with Gasteiger partial charge in [0.25, 0.3) is 0 Å². The Hall–Kier alpha value is -1.69. The van der Waals surface area contributed by atoms with E-state index in [9.17, 15) is 0 Å². The first-order valence-corrected chi connectivity index (χ1v) is 6.55. The molecule has 0 bridgehead atoms. The molecule has 3 nitrogen and oxygen atoms in total. The fraction of sp³-hybridized carbons (Fsp3) is 0.533. The van der Waals surface area contributed by atoms with Gasteiger partial charge in [-0.25, -0.2) is 0 Å². The molecule has 1 aliphatic rings. The molecule has 0 amide bonds. The SMILES string of the molecule is CC1CC(C)CC(Oc2cccc(C#N)c2N)C1. The molecule has 0 saturated heterocycles. The zero-order valence-electron chi connectivity index (χ0n) is 11.0. The van der Waals surface area contributed by atoms with Crippen LogP contribution in [0.2, 0.25) is 0 Å². The Morgan fingerprint density at radius 2 is 1.89 bits per heavy atom. The number of benzene rings is 1. The smallest absolute Gasteiger partial charge is 0.143 e. The molecule has 3 heteroatoms. The van der Waals surface area contributed by atoms with E-state index in [2.05, 4.69) is 19.9 Å². The number of nitrogens with two attached hydrogens (primary N) is 1. The third-order valence-corrected chi connectivity index (χ3v) is 3.62. The van der Waals surface area contributed by atoms with E-state index in [1.54, 1.807) is 6.07 Å². The van der Waals surface area contributed by atoms with Crippen molar-refractivity contribution in [3.05, 3.63) is 23.8 Å². The third kappa shape index (κ3) is 2.76. The zero-order valence-corrected chi connectivity index (χ0v) is 11.0. The Kier molecular flexibility index (Phi) is 3.76. The van der Waals surface area contributed by atoms with E-state index >= 15 is 0 Å². The molecule has 0 radical (unpaired) electrons. The van der Waals surface area contributed by atoms with Crippen LogP contribution in [0, 0.1) is 23.2 Å². The average molecular weight is 244 g/mol. The molecule has 1 fully saturated rings. The summed E-state index contributed by atoms with van der Waals surface area (Å²) in [5.74, 6) is 2.04. The first-order chi connectivity index (χ1) is 8.60. The van der Waals surface area contributed by atoms with Crippen molar-refractivity contribution in [1.82, 2.24) is 0 Å². The number of hydrogen-bond donors (Lipinski definition) is 1. The molecule has 2 N–H and O–H groups in total. The van der Waals surface area contributed by atoms with Gasteiger partial charge in [0.15, 0.2) is 0 Å². The van der Waals surface area contributed by atoms with Gasteiger partial charge in [-0.15, -0.1) is 0 Å². The van der Waals surface area contributed by atoms with Gasteiger partial charge in [0.05, 0.1) is 17.4 Å². The Bertz CT molecular complexity index is 454. The summed E-state index contributed by atoms with van der Waals surface area (Å²) in [4.78, 5) is 0. The summed E-state index contributed by atoms with van der Waals surface area (Å²) in [5, 5.41) is 8.95. The highest BCUT2D eigenvalue weighted by Gasteiger charge is 2.25. The fourth-order valence-corrected chi connectivity index (χ4v) is 2.89. The van der Waals surface area contributed by atoms with Crippen molar-refractivity contribution >= 4 is 5.69 Å². The van der Waals surface area contributed by atoms with E-state index in [1.807, 2.05) is 12.1 Å². The molecule has 1 saturated carbocycles. The zero-order chi connectivity index (χ0) is 13.1. The van der Waals surface area contributed by atoms with Crippen LogP contribution in [-0.2, 0) is 0 Å². The van der Waals surface area contributed by atoms with Gasteiger partial charge in [-0.3, -0.25) is 0 Å². The van der Waals surface area contributed by atoms with Crippen molar-refractivity contribution in [2.24, 2.45) is 11.8 Å². The van der Waals surface area contributed by atoms with Gasteiger partial charge in [-0.1, -0.05) is 19.9 Å². The molecule has 2 rings (SSSR count). The number of ether oxygens (including phenoxy) is 1. The number of para-hydroxylation sites is 1. The summed E-state index contributed by atoms with van der Waals surface area (Å²) in [7, 11) is 0. The minimum atomic E-state index is 0.222. The van der Waals surface area contributed by atoms with E-state index in [0.29, 0.717) is 28.8 Å². The molecular weight excluding hydrogens is 224 g/mol. The maximum atomic E-state index is 8.95. The van der Waals surface area contributed by atoms with Gasteiger partial charge in [-0.2, -0.15) is 5.26 Å². The lowest BCUT2D eigenvalue weighted by molar-refractivity contribution is 0.102.